The molecule has 90 valence electrons. The summed E-state index contributed by atoms with van der Waals surface area (Å²) in [6, 6.07) is 9.77. The maximum absolute atomic E-state index is 13.1. The van der Waals surface area contributed by atoms with Crippen LogP contribution in [0.5, 0.6) is 5.75 Å². The summed E-state index contributed by atoms with van der Waals surface area (Å²) >= 11 is 4.63. The zero-order valence-electron chi connectivity index (χ0n) is 9.02. The molecule has 0 aliphatic heterocycles. The van der Waals surface area contributed by atoms with Gasteiger partial charge in [0, 0.05) is 5.56 Å². The van der Waals surface area contributed by atoms with Gasteiger partial charge < -0.3 is 5.11 Å². The Bertz CT molecular complexity index is 741. The van der Waals surface area contributed by atoms with Gasteiger partial charge in [-0.25, -0.2) is 9.37 Å². The normalized spacial score (nSPS) is 11.0. The molecule has 3 aromatic rings. The van der Waals surface area contributed by atoms with E-state index in [9.17, 15) is 9.50 Å². The number of nitrogens with zero attached hydrogens (tertiary/aromatic N) is 1. The van der Waals surface area contributed by atoms with Gasteiger partial charge in [-0.1, -0.05) is 6.07 Å². The third-order valence-electron chi connectivity index (χ3n) is 2.54. The number of halogens is 2. The molecule has 1 N–H and O–H groups in total. The number of aromatic nitrogens is 1. The van der Waals surface area contributed by atoms with E-state index in [1.807, 2.05) is 6.07 Å². The first kappa shape index (κ1) is 11.6. The first-order valence-electron chi connectivity index (χ1n) is 5.18. The third-order valence-corrected chi connectivity index (χ3v) is 4.28. The Hall–Kier alpha value is -1.46. The molecule has 0 radical (unpaired) electrons. The molecule has 2 nitrogen and oxygen atoms in total. The molecule has 0 spiro atoms. The summed E-state index contributed by atoms with van der Waals surface area (Å²) < 4.78 is 14.5. The van der Waals surface area contributed by atoms with Crippen LogP contribution < -0.4 is 0 Å². The minimum absolute atomic E-state index is 0.165. The van der Waals surface area contributed by atoms with E-state index in [0.717, 1.165) is 20.8 Å². The van der Waals surface area contributed by atoms with Gasteiger partial charge in [0.05, 0.1) is 14.7 Å². The van der Waals surface area contributed by atoms with E-state index in [0.29, 0.717) is 4.47 Å². The maximum atomic E-state index is 13.1. The Kier molecular flexibility index (Phi) is 2.80. The quantitative estimate of drug-likeness (QED) is 0.711. The van der Waals surface area contributed by atoms with Gasteiger partial charge in [-0.3, -0.25) is 0 Å². The average Bonchev–Trinajstić information content (AvgIpc) is 2.75. The number of benzene rings is 2. The topological polar surface area (TPSA) is 33.1 Å². The highest BCUT2D eigenvalue weighted by molar-refractivity contribution is 9.10. The molecule has 0 unspecified atom stereocenters. The van der Waals surface area contributed by atoms with E-state index < -0.39 is 0 Å². The van der Waals surface area contributed by atoms with Crippen molar-refractivity contribution in [3.8, 4) is 16.3 Å². The highest BCUT2D eigenvalue weighted by atomic mass is 79.9. The zero-order chi connectivity index (χ0) is 12.7. The Morgan fingerprint density at radius 1 is 1.17 bits per heavy atom. The van der Waals surface area contributed by atoms with Crippen LogP contribution in [0.4, 0.5) is 4.39 Å². The molecule has 1 aromatic heterocycles. The van der Waals surface area contributed by atoms with Crippen LogP contribution in [0, 0.1) is 5.82 Å². The van der Waals surface area contributed by atoms with Crippen LogP contribution in [-0.2, 0) is 0 Å². The van der Waals surface area contributed by atoms with Gasteiger partial charge in [0.2, 0.25) is 0 Å². The molecule has 0 amide bonds. The lowest BCUT2D eigenvalue weighted by molar-refractivity contribution is 0.472. The number of rotatable bonds is 1. The van der Waals surface area contributed by atoms with Gasteiger partial charge in [0.15, 0.2) is 0 Å². The summed E-state index contributed by atoms with van der Waals surface area (Å²) in [6.07, 6.45) is 0. The average molecular weight is 324 g/mol. The van der Waals surface area contributed by atoms with Gasteiger partial charge in [-0.2, -0.15) is 0 Å². The molecule has 1 heterocycles. The summed E-state index contributed by atoms with van der Waals surface area (Å²) in [4.78, 5) is 4.42. The van der Waals surface area contributed by atoms with Crippen LogP contribution in [0.2, 0.25) is 0 Å². The maximum Gasteiger partial charge on any atom is 0.130 e. The molecule has 18 heavy (non-hydrogen) atoms. The SMILES string of the molecule is Oc1cc(-c2nc3ccc(F)cc3s2)ccc1Br. The summed E-state index contributed by atoms with van der Waals surface area (Å²) in [6.45, 7) is 0. The second-order valence-corrected chi connectivity index (χ2v) is 5.68. The van der Waals surface area contributed by atoms with Gasteiger partial charge in [-0.15, -0.1) is 11.3 Å². The van der Waals surface area contributed by atoms with Crippen LogP contribution >= 0.6 is 27.3 Å². The highest BCUT2D eigenvalue weighted by Gasteiger charge is 2.08. The molecule has 0 atom stereocenters. The van der Waals surface area contributed by atoms with E-state index in [1.54, 1.807) is 18.2 Å². The van der Waals surface area contributed by atoms with Crippen molar-refractivity contribution in [2.24, 2.45) is 0 Å². The molecule has 2 aromatic carbocycles. The molecule has 0 saturated heterocycles. The summed E-state index contributed by atoms with van der Waals surface area (Å²) in [7, 11) is 0. The van der Waals surface area contributed by atoms with Crippen molar-refractivity contribution < 1.29 is 9.50 Å². The Morgan fingerprint density at radius 3 is 2.78 bits per heavy atom. The molecular weight excluding hydrogens is 317 g/mol. The predicted molar refractivity (Wildman–Crippen MR) is 74.4 cm³/mol. The summed E-state index contributed by atoms with van der Waals surface area (Å²) in [5.74, 6) is -0.103. The fourth-order valence-electron chi connectivity index (χ4n) is 1.67. The van der Waals surface area contributed by atoms with E-state index in [-0.39, 0.29) is 11.6 Å². The summed E-state index contributed by atoms with van der Waals surface area (Å²) in [5.41, 5.74) is 1.58. The smallest absolute Gasteiger partial charge is 0.130 e. The number of aromatic hydroxyl groups is 1. The molecular formula is C13H7BrFNOS. The first-order valence-corrected chi connectivity index (χ1v) is 6.79. The van der Waals surface area contributed by atoms with Gasteiger partial charge in [0.25, 0.3) is 0 Å². The number of phenolic OH excluding ortho intramolecular Hbond substituents is 1. The van der Waals surface area contributed by atoms with Gasteiger partial charge >= 0.3 is 0 Å². The number of phenols is 1. The van der Waals surface area contributed by atoms with Crippen molar-refractivity contribution in [2.75, 3.05) is 0 Å². The lowest BCUT2D eigenvalue weighted by atomic mass is 10.2. The molecule has 3 rings (SSSR count). The van der Waals surface area contributed by atoms with E-state index >= 15 is 0 Å². The van der Waals surface area contributed by atoms with E-state index in [2.05, 4.69) is 20.9 Å². The third kappa shape index (κ3) is 2.00. The molecule has 0 bridgehead atoms. The minimum Gasteiger partial charge on any atom is -0.507 e. The number of hydrogen-bond acceptors (Lipinski definition) is 3. The Balaban J connectivity index is 2.16. The van der Waals surface area contributed by atoms with Crippen LogP contribution in [0.1, 0.15) is 0 Å². The van der Waals surface area contributed by atoms with Crippen LogP contribution in [0.15, 0.2) is 40.9 Å². The number of fused-ring (bicyclic) bond motifs is 1. The predicted octanol–water partition coefficient (Wildman–Crippen LogP) is 4.57. The van der Waals surface area contributed by atoms with Crippen molar-refractivity contribution in [3.05, 3.63) is 46.7 Å². The van der Waals surface area contributed by atoms with Crippen molar-refractivity contribution in [2.45, 2.75) is 0 Å². The van der Waals surface area contributed by atoms with Crippen molar-refractivity contribution in [3.63, 3.8) is 0 Å². The molecule has 0 aliphatic rings. The highest BCUT2D eigenvalue weighted by Crippen LogP contribution is 2.34. The number of hydrogen-bond donors (Lipinski definition) is 1. The summed E-state index contributed by atoms with van der Waals surface area (Å²) in [5, 5.41) is 10.4. The van der Waals surface area contributed by atoms with Crippen molar-refractivity contribution in [1.29, 1.82) is 0 Å². The molecule has 0 fully saturated rings. The zero-order valence-corrected chi connectivity index (χ0v) is 11.4. The van der Waals surface area contributed by atoms with Crippen LogP contribution in [0.3, 0.4) is 0 Å². The fourth-order valence-corrected chi connectivity index (χ4v) is 2.90. The van der Waals surface area contributed by atoms with Crippen molar-refractivity contribution in [1.82, 2.24) is 4.98 Å². The molecule has 0 aliphatic carbocycles. The Labute approximate surface area is 115 Å². The molecule has 5 heteroatoms. The monoisotopic (exact) mass is 323 g/mol. The second-order valence-electron chi connectivity index (χ2n) is 3.80. The molecule has 0 saturated carbocycles. The standard InChI is InChI=1S/C13H7BrFNOS/c14-9-3-1-7(5-11(9)17)13-16-10-4-2-8(15)6-12(10)18-13/h1-6,17H. The number of thiazole rings is 1. The minimum atomic E-state index is -0.267. The fraction of sp³-hybridized carbons (Fsp3) is 0. The van der Waals surface area contributed by atoms with E-state index in [1.165, 1.54) is 23.5 Å². The van der Waals surface area contributed by atoms with Gasteiger partial charge in [-0.05, 0) is 46.3 Å². The van der Waals surface area contributed by atoms with E-state index in [4.69, 9.17) is 0 Å². The lowest BCUT2D eigenvalue weighted by Crippen LogP contribution is -1.76. The second kappa shape index (κ2) is 4.33. The van der Waals surface area contributed by atoms with Crippen LogP contribution in [-0.4, -0.2) is 10.1 Å². The van der Waals surface area contributed by atoms with Gasteiger partial charge in [0.1, 0.15) is 16.6 Å². The first-order chi connectivity index (χ1) is 8.63. The Morgan fingerprint density at radius 2 is 2.00 bits per heavy atom. The largest absolute Gasteiger partial charge is 0.507 e. The van der Waals surface area contributed by atoms with Crippen molar-refractivity contribution >= 4 is 37.5 Å². The lowest BCUT2D eigenvalue weighted by Gasteiger charge is -1.99. The van der Waals surface area contributed by atoms with Crippen LogP contribution in [0.25, 0.3) is 20.8 Å².